The minimum absolute atomic E-state index is 0.100. The Morgan fingerprint density at radius 1 is 0.857 bits per heavy atom. The standard InChI is InChI=1S/C17H20FN3/c18-17-4-2-1-3-16(17)14-21-11-9-20(10-12-21)13-15-5-7-19-8-6-15/h1-8H,9-14H2. The molecule has 0 aliphatic carbocycles. The minimum atomic E-state index is -0.100. The van der Waals surface area contributed by atoms with Crippen molar-refractivity contribution < 1.29 is 4.39 Å². The van der Waals surface area contributed by atoms with Crippen molar-refractivity contribution in [3.05, 3.63) is 65.7 Å². The van der Waals surface area contributed by atoms with Gasteiger partial charge in [-0.2, -0.15) is 0 Å². The highest BCUT2D eigenvalue weighted by Gasteiger charge is 2.17. The average molecular weight is 285 g/mol. The molecule has 4 heteroatoms. The number of piperazine rings is 1. The van der Waals surface area contributed by atoms with Gasteiger partial charge in [-0.25, -0.2) is 4.39 Å². The molecule has 1 aromatic heterocycles. The third-order valence-electron chi connectivity index (χ3n) is 3.97. The van der Waals surface area contributed by atoms with E-state index in [4.69, 9.17) is 0 Å². The van der Waals surface area contributed by atoms with Crippen molar-refractivity contribution in [1.29, 1.82) is 0 Å². The molecule has 0 saturated carbocycles. The second-order valence-corrected chi connectivity index (χ2v) is 5.50. The molecule has 2 aromatic rings. The zero-order valence-electron chi connectivity index (χ0n) is 12.1. The zero-order valence-corrected chi connectivity index (χ0v) is 12.1. The lowest BCUT2D eigenvalue weighted by atomic mass is 10.1. The Labute approximate surface area is 125 Å². The van der Waals surface area contributed by atoms with E-state index < -0.39 is 0 Å². The van der Waals surface area contributed by atoms with Crippen molar-refractivity contribution in [2.45, 2.75) is 13.1 Å². The van der Waals surface area contributed by atoms with Crippen LogP contribution in [0.3, 0.4) is 0 Å². The van der Waals surface area contributed by atoms with Gasteiger partial charge in [0.1, 0.15) is 5.82 Å². The lowest BCUT2D eigenvalue weighted by Gasteiger charge is -2.34. The molecule has 1 saturated heterocycles. The summed E-state index contributed by atoms with van der Waals surface area (Å²) in [6.45, 7) is 5.69. The Bertz CT molecular complexity index is 565. The van der Waals surface area contributed by atoms with Gasteiger partial charge in [-0.15, -0.1) is 0 Å². The zero-order chi connectivity index (χ0) is 14.5. The van der Waals surface area contributed by atoms with E-state index in [-0.39, 0.29) is 5.82 Å². The quantitative estimate of drug-likeness (QED) is 0.860. The summed E-state index contributed by atoms with van der Waals surface area (Å²) in [6, 6.07) is 11.2. The van der Waals surface area contributed by atoms with Crippen molar-refractivity contribution >= 4 is 0 Å². The molecule has 0 atom stereocenters. The average Bonchev–Trinajstić information content (AvgIpc) is 2.52. The lowest BCUT2D eigenvalue weighted by molar-refractivity contribution is 0.121. The van der Waals surface area contributed by atoms with Crippen LogP contribution in [0.2, 0.25) is 0 Å². The first-order chi connectivity index (χ1) is 10.3. The summed E-state index contributed by atoms with van der Waals surface area (Å²) >= 11 is 0. The Balaban J connectivity index is 1.50. The van der Waals surface area contributed by atoms with Crippen LogP contribution in [-0.2, 0) is 13.1 Å². The van der Waals surface area contributed by atoms with E-state index in [1.807, 2.05) is 24.5 Å². The molecule has 0 N–H and O–H groups in total. The number of hydrogen-bond acceptors (Lipinski definition) is 3. The molecule has 1 aromatic carbocycles. The van der Waals surface area contributed by atoms with Gasteiger partial charge in [-0.3, -0.25) is 14.8 Å². The SMILES string of the molecule is Fc1ccccc1CN1CCN(Cc2ccncc2)CC1. The van der Waals surface area contributed by atoms with Crippen molar-refractivity contribution in [1.82, 2.24) is 14.8 Å². The van der Waals surface area contributed by atoms with E-state index >= 15 is 0 Å². The summed E-state index contributed by atoms with van der Waals surface area (Å²) < 4.78 is 13.7. The van der Waals surface area contributed by atoms with Crippen LogP contribution in [0.15, 0.2) is 48.8 Å². The van der Waals surface area contributed by atoms with Crippen LogP contribution in [0.1, 0.15) is 11.1 Å². The first-order valence-corrected chi connectivity index (χ1v) is 7.38. The van der Waals surface area contributed by atoms with Crippen LogP contribution in [0.4, 0.5) is 4.39 Å². The number of hydrogen-bond donors (Lipinski definition) is 0. The van der Waals surface area contributed by atoms with E-state index in [0.717, 1.165) is 38.3 Å². The molecule has 1 aliphatic rings. The third-order valence-corrected chi connectivity index (χ3v) is 3.97. The molecule has 0 radical (unpaired) electrons. The van der Waals surface area contributed by atoms with Gasteiger partial charge in [0.2, 0.25) is 0 Å². The Hall–Kier alpha value is -1.78. The molecular weight excluding hydrogens is 265 g/mol. The van der Waals surface area contributed by atoms with E-state index in [2.05, 4.69) is 26.9 Å². The molecule has 0 unspecified atom stereocenters. The van der Waals surface area contributed by atoms with Crippen molar-refractivity contribution in [2.75, 3.05) is 26.2 Å². The van der Waals surface area contributed by atoms with Gasteiger partial charge in [-0.05, 0) is 23.8 Å². The van der Waals surface area contributed by atoms with Crippen molar-refractivity contribution in [3.63, 3.8) is 0 Å². The van der Waals surface area contributed by atoms with Crippen molar-refractivity contribution in [2.24, 2.45) is 0 Å². The molecule has 0 bridgehead atoms. The summed E-state index contributed by atoms with van der Waals surface area (Å²) in [5.74, 6) is -0.100. The Morgan fingerprint density at radius 2 is 1.48 bits per heavy atom. The van der Waals surface area contributed by atoms with Crippen LogP contribution in [0.25, 0.3) is 0 Å². The molecule has 0 spiro atoms. The maximum absolute atomic E-state index is 13.7. The van der Waals surface area contributed by atoms with Crippen LogP contribution >= 0.6 is 0 Å². The summed E-state index contributed by atoms with van der Waals surface area (Å²) in [4.78, 5) is 8.80. The molecule has 1 fully saturated rings. The van der Waals surface area contributed by atoms with Gasteiger partial charge >= 0.3 is 0 Å². The summed E-state index contributed by atoms with van der Waals surface area (Å²) in [5, 5.41) is 0. The Kier molecular flexibility index (Phi) is 4.58. The van der Waals surface area contributed by atoms with Crippen LogP contribution < -0.4 is 0 Å². The minimum Gasteiger partial charge on any atom is -0.297 e. The molecule has 3 nitrogen and oxygen atoms in total. The van der Waals surface area contributed by atoms with E-state index in [1.165, 1.54) is 11.6 Å². The van der Waals surface area contributed by atoms with Gasteiger partial charge < -0.3 is 0 Å². The summed E-state index contributed by atoms with van der Waals surface area (Å²) in [6.07, 6.45) is 3.67. The predicted octanol–water partition coefficient (Wildman–Crippen LogP) is 2.54. The largest absolute Gasteiger partial charge is 0.297 e. The summed E-state index contributed by atoms with van der Waals surface area (Å²) in [7, 11) is 0. The fraction of sp³-hybridized carbons (Fsp3) is 0.353. The highest BCUT2D eigenvalue weighted by molar-refractivity contribution is 5.17. The molecule has 110 valence electrons. The number of nitrogens with zero attached hydrogens (tertiary/aromatic N) is 3. The van der Waals surface area contributed by atoms with Gasteiger partial charge in [0, 0.05) is 57.2 Å². The van der Waals surface area contributed by atoms with E-state index in [0.29, 0.717) is 6.54 Å². The smallest absolute Gasteiger partial charge is 0.127 e. The first-order valence-electron chi connectivity index (χ1n) is 7.38. The molecular formula is C17H20FN3. The molecule has 2 heterocycles. The normalized spacial score (nSPS) is 17.0. The number of aromatic nitrogens is 1. The second kappa shape index (κ2) is 6.78. The molecule has 3 rings (SSSR count). The lowest BCUT2D eigenvalue weighted by Crippen LogP contribution is -2.45. The van der Waals surface area contributed by atoms with Crippen LogP contribution in [-0.4, -0.2) is 41.0 Å². The molecule has 21 heavy (non-hydrogen) atoms. The monoisotopic (exact) mass is 285 g/mol. The van der Waals surface area contributed by atoms with Gasteiger partial charge in [-0.1, -0.05) is 18.2 Å². The fourth-order valence-corrected chi connectivity index (χ4v) is 2.72. The number of benzene rings is 1. The highest BCUT2D eigenvalue weighted by atomic mass is 19.1. The number of halogens is 1. The van der Waals surface area contributed by atoms with Gasteiger partial charge in [0.25, 0.3) is 0 Å². The van der Waals surface area contributed by atoms with Gasteiger partial charge in [0.15, 0.2) is 0 Å². The van der Waals surface area contributed by atoms with E-state index in [1.54, 1.807) is 6.07 Å². The van der Waals surface area contributed by atoms with E-state index in [9.17, 15) is 4.39 Å². The topological polar surface area (TPSA) is 19.4 Å². The summed E-state index contributed by atoms with van der Waals surface area (Å²) in [5.41, 5.74) is 2.09. The molecule has 1 aliphatic heterocycles. The van der Waals surface area contributed by atoms with Crippen LogP contribution in [0.5, 0.6) is 0 Å². The van der Waals surface area contributed by atoms with Crippen LogP contribution in [0, 0.1) is 5.82 Å². The number of pyridine rings is 1. The third kappa shape index (κ3) is 3.86. The number of rotatable bonds is 4. The maximum Gasteiger partial charge on any atom is 0.127 e. The first kappa shape index (κ1) is 14.2. The predicted molar refractivity (Wildman–Crippen MR) is 81.2 cm³/mol. The fourth-order valence-electron chi connectivity index (χ4n) is 2.72. The van der Waals surface area contributed by atoms with Crippen molar-refractivity contribution in [3.8, 4) is 0 Å². The van der Waals surface area contributed by atoms with Gasteiger partial charge in [0.05, 0.1) is 0 Å². The molecule has 0 amide bonds. The maximum atomic E-state index is 13.7. The highest BCUT2D eigenvalue weighted by Crippen LogP contribution is 2.13. The Morgan fingerprint density at radius 3 is 2.14 bits per heavy atom. The second-order valence-electron chi connectivity index (χ2n) is 5.50.